The number of amides is 2. The summed E-state index contributed by atoms with van der Waals surface area (Å²) < 4.78 is 11.9. The number of hydrogen-bond acceptors (Lipinski definition) is 6. The van der Waals surface area contributed by atoms with Gasteiger partial charge >= 0.3 is 18.0 Å². The average Bonchev–Trinajstić information content (AvgIpc) is 2.76. The van der Waals surface area contributed by atoms with Crippen molar-refractivity contribution in [1.82, 2.24) is 16.0 Å². The predicted molar refractivity (Wildman–Crippen MR) is 159 cm³/mol. The molecule has 0 saturated heterocycles. The number of hydrogen-bond donors (Lipinski definition) is 3. The summed E-state index contributed by atoms with van der Waals surface area (Å²) in [5, 5.41) is 9.26. The van der Waals surface area contributed by atoms with Crippen LogP contribution in [0.15, 0.2) is 28.7 Å². The first-order chi connectivity index (χ1) is 17.9. The molecule has 3 N–H and O–H groups in total. The quantitative estimate of drug-likeness (QED) is 0.180. The van der Waals surface area contributed by atoms with Crippen molar-refractivity contribution in [3.63, 3.8) is 0 Å². The molecule has 2 atom stereocenters. The van der Waals surface area contributed by atoms with Crippen LogP contribution in [0.2, 0.25) is 0 Å². The molecule has 0 bridgehead atoms. The average molecular weight is 613 g/mol. The molecule has 0 heterocycles. The van der Waals surface area contributed by atoms with Crippen LogP contribution in [-0.2, 0) is 25.6 Å². The molecule has 2 unspecified atom stereocenters. The number of benzene rings is 1. The number of unbranched alkanes of at least 4 members (excludes halogenated alkanes) is 1. The molecular weight excluding hydrogens is 562 g/mol. The lowest BCUT2D eigenvalue weighted by Gasteiger charge is -2.32. The van der Waals surface area contributed by atoms with Crippen molar-refractivity contribution < 1.29 is 23.9 Å². The van der Waals surface area contributed by atoms with Gasteiger partial charge in [0.15, 0.2) is 0 Å². The van der Waals surface area contributed by atoms with Crippen molar-refractivity contribution in [1.29, 1.82) is 0 Å². The second-order valence-corrected chi connectivity index (χ2v) is 14.0. The van der Waals surface area contributed by atoms with Crippen LogP contribution in [0, 0.1) is 5.41 Å². The highest BCUT2D eigenvalue weighted by atomic mass is 79.9. The Bertz CT molecular complexity index is 915. The Hall–Kier alpha value is -2.13. The minimum Gasteiger partial charge on any atom is -0.460 e. The zero-order valence-corrected chi connectivity index (χ0v) is 26.9. The topological polar surface area (TPSA) is 106 Å². The van der Waals surface area contributed by atoms with E-state index in [1.54, 1.807) is 41.5 Å². The van der Waals surface area contributed by atoms with E-state index in [9.17, 15) is 14.4 Å². The van der Waals surface area contributed by atoms with Crippen LogP contribution in [-0.4, -0.2) is 47.8 Å². The standard InChI is InChI=1S/C30H50BrN3O5/c1-28(2,3)24(12-10-11-19-32-20-21-13-15-22(31)16-14-21)34-27(37)33-23(26(36)39-30(7,8)9)17-18-25(35)38-29(4,5)6/h13-16,23-24,32H,10-12,17-20H2,1-9H3,(H2,33,34,37). The zero-order chi connectivity index (χ0) is 29.9. The molecule has 1 aromatic rings. The van der Waals surface area contributed by atoms with E-state index in [2.05, 4.69) is 64.8 Å². The number of carbonyl (C=O) groups is 3. The molecule has 1 aromatic carbocycles. The van der Waals surface area contributed by atoms with Gasteiger partial charge in [0.2, 0.25) is 0 Å². The third kappa shape index (κ3) is 16.5. The van der Waals surface area contributed by atoms with E-state index in [1.165, 1.54) is 5.56 Å². The van der Waals surface area contributed by atoms with Gasteiger partial charge in [0.25, 0.3) is 0 Å². The second-order valence-electron chi connectivity index (χ2n) is 13.0. The summed E-state index contributed by atoms with van der Waals surface area (Å²) in [5.41, 5.74) is -0.299. The Kier molecular flexibility index (Phi) is 14.0. The summed E-state index contributed by atoms with van der Waals surface area (Å²) in [4.78, 5) is 38.1. The van der Waals surface area contributed by atoms with Crippen molar-refractivity contribution in [2.24, 2.45) is 5.41 Å². The fourth-order valence-electron chi connectivity index (χ4n) is 3.79. The van der Waals surface area contributed by atoms with Crippen LogP contribution in [0.5, 0.6) is 0 Å². The fraction of sp³-hybridized carbons (Fsp3) is 0.700. The SMILES string of the molecule is CC(C)(C)OC(=O)CCC(NC(=O)NC(CCCCNCc1ccc(Br)cc1)C(C)(C)C)C(=O)OC(C)(C)C. The van der Waals surface area contributed by atoms with E-state index >= 15 is 0 Å². The van der Waals surface area contributed by atoms with Crippen molar-refractivity contribution >= 4 is 33.9 Å². The molecule has 0 radical (unpaired) electrons. The van der Waals surface area contributed by atoms with Crippen LogP contribution in [0.25, 0.3) is 0 Å². The van der Waals surface area contributed by atoms with Gasteiger partial charge in [-0.1, -0.05) is 55.3 Å². The molecule has 9 heteroatoms. The highest BCUT2D eigenvalue weighted by molar-refractivity contribution is 9.10. The van der Waals surface area contributed by atoms with E-state index in [0.29, 0.717) is 0 Å². The maximum atomic E-state index is 13.0. The first-order valence-corrected chi connectivity index (χ1v) is 14.6. The molecule has 2 amide bonds. The first kappa shape index (κ1) is 34.9. The van der Waals surface area contributed by atoms with Crippen molar-refractivity contribution in [3.05, 3.63) is 34.3 Å². The van der Waals surface area contributed by atoms with Gasteiger partial charge in [0.1, 0.15) is 17.2 Å². The first-order valence-electron chi connectivity index (χ1n) is 13.8. The number of carbonyl (C=O) groups excluding carboxylic acids is 3. The zero-order valence-electron chi connectivity index (χ0n) is 25.3. The Morgan fingerprint density at radius 1 is 0.821 bits per heavy atom. The van der Waals surface area contributed by atoms with Crippen molar-refractivity contribution in [2.75, 3.05) is 6.54 Å². The number of urea groups is 1. The van der Waals surface area contributed by atoms with Gasteiger partial charge in [0.05, 0.1) is 0 Å². The van der Waals surface area contributed by atoms with E-state index in [0.717, 1.165) is 36.8 Å². The van der Waals surface area contributed by atoms with E-state index in [-0.39, 0.29) is 24.3 Å². The van der Waals surface area contributed by atoms with Crippen molar-refractivity contribution in [3.8, 4) is 0 Å². The molecule has 0 aromatic heterocycles. The molecule has 1 rings (SSSR count). The highest BCUT2D eigenvalue weighted by Crippen LogP contribution is 2.23. The summed E-state index contributed by atoms with van der Waals surface area (Å²) >= 11 is 3.45. The second kappa shape index (κ2) is 15.6. The summed E-state index contributed by atoms with van der Waals surface area (Å²) in [7, 11) is 0. The molecule has 222 valence electrons. The molecule has 0 aliphatic carbocycles. The lowest BCUT2D eigenvalue weighted by Crippen LogP contribution is -2.53. The monoisotopic (exact) mass is 611 g/mol. The van der Waals surface area contributed by atoms with Gasteiger partial charge in [-0.3, -0.25) is 4.79 Å². The van der Waals surface area contributed by atoms with Crippen LogP contribution in [0.3, 0.4) is 0 Å². The molecular formula is C30H50BrN3O5. The number of rotatable bonds is 13. The van der Waals surface area contributed by atoms with Crippen LogP contribution >= 0.6 is 15.9 Å². The van der Waals surface area contributed by atoms with Gasteiger partial charge in [-0.15, -0.1) is 0 Å². The molecule has 0 aliphatic rings. The lowest BCUT2D eigenvalue weighted by atomic mass is 9.84. The highest BCUT2D eigenvalue weighted by Gasteiger charge is 2.31. The van der Waals surface area contributed by atoms with Gasteiger partial charge in [0, 0.05) is 23.5 Å². The smallest absolute Gasteiger partial charge is 0.329 e. The van der Waals surface area contributed by atoms with E-state index in [1.807, 2.05) is 12.1 Å². The van der Waals surface area contributed by atoms with Gasteiger partial charge in [-0.25, -0.2) is 9.59 Å². The lowest BCUT2D eigenvalue weighted by molar-refractivity contribution is -0.158. The Labute approximate surface area is 243 Å². The molecule has 39 heavy (non-hydrogen) atoms. The number of esters is 2. The van der Waals surface area contributed by atoms with Gasteiger partial charge in [-0.2, -0.15) is 0 Å². The van der Waals surface area contributed by atoms with Gasteiger partial charge in [-0.05, 0) is 90.5 Å². The Balaban J connectivity index is 2.66. The van der Waals surface area contributed by atoms with Crippen LogP contribution in [0.4, 0.5) is 4.79 Å². The van der Waals surface area contributed by atoms with Crippen LogP contribution < -0.4 is 16.0 Å². The number of ether oxygens (including phenoxy) is 2. The molecule has 0 saturated carbocycles. The summed E-state index contributed by atoms with van der Waals surface area (Å²) in [5.74, 6) is -1.01. The summed E-state index contributed by atoms with van der Waals surface area (Å²) in [6.07, 6.45) is 2.78. The number of halogens is 1. The maximum Gasteiger partial charge on any atom is 0.329 e. The predicted octanol–water partition coefficient (Wildman–Crippen LogP) is 6.26. The van der Waals surface area contributed by atoms with E-state index in [4.69, 9.17) is 9.47 Å². The molecule has 0 aliphatic heterocycles. The number of nitrogens with one attached hydrogen (secondary N) is 3. The Morgan fingerprint density at radius 3 is 1.95 bits per heavy atom. The van der Waals surface area contributed by atoms with Crippen LogP contribution in [0.1, 0.15) is 100.0 Å². The summed E-state index contributed by atoms with van der Waals surface area (Å²) in [6.45, 7) is 18.6. The largest absolute Gasteiger partial charge is 0.460 e. The molecule has 8 nitrogen and oxygen atoms in total. The maximum absolute atomic E-state index is 13.0. The third-order valence-electron chi connectivity index (χ3n) is 5.74. The normalized spacial score (nSPS) is 13.8. The fourth-order valence-corrected chi connectivity index (χ4v) is 4.05. The minimum absolute atomic E-state index is 0.0165. The minimum atomic E-state index is -0.972. The summed E-state index contributed by atoms with van der Waals surface area (Å²) in [6, 6.07) is 6.72. The third-order valence-corrected chi connectivity index (χ3v) is 6.27. The molecule has 0 fully saturated rings. The Morgan fingerprint density at radius 2 is 1.41 bits per heavy atom. The molecule has 0 spiro atoms. The van der Waals surface area contributed by atoms with Gasteiger partial charge < -0.3 is 25.4 Å². The van der Waals surface area contributed by atoms with Crippen molar-refractivity contribution in [2.45, 2.75) is 124 Å². The van der Waals surface area contributed by atoms with E-state index < -0.39 is 35.2 Å².